The topological polar surface area (TPSA) is 45.1 Å². The van der Waals surface area contributed by atoms with Crippen molar-refractivity contribution in [2.75, 3.05) is 6.54 Å². The Balaban J connectivity index is 2.44. The van der Waals surface area contributed by atoms with Crippen molar-refractivity contribution in [3.8, 4) is 0 Å². The highest BCUT2D eigenvalue weighted by molar-refractivity contribution is 6.31. The van der Waals surface area contributed by atoms with Crippen LogP contribution >= 0.6 is 11.6 Å². The van der Waals surface area contributed by atoms with Gasteiger partial charge in [-0.2, -0.15) is 0 Å². The molecule has 0 fully saturated rings. The van der Waals surface area contributed by atoms with E-state index in [0.29, 0.717) is 18.1 Å². The van der Waals surface area contributed by atoms with Crippen LogP contribution in [0.3, 0.4) is 0 Å². The summed E-state index contributed by atoms with van der Waals surface area (Å²) in [7, 11) is 0. The number of nitrogens with one attached hydrogen (secondary N) is 1. The lowest BCUT2D eigenvalue weighted by molar-refractivity contribution is 0.0323. The molecule has 1 rings (SSSR count). The van der Waals surface area contributed by atoms with Gasteiger partial charge >= 0.3 is 0 Å². The maximum absolute atomic E-state index is 10.1. The van der Waals surface area contributed by atoms with Crippen molar-refractivity contribution in [2.45, 2.75) is 38.8 Å². The molecule has 1 aromatic rings. The molecule has 1 heterocycles. The van der Waals surface area contributed by atoms with E-state index < -0.39 is 5.60 Å². The minimum atomic E-state index is -0.612. The summed E-state index contributed by atoms with van der Waals surface area (Å²) in [5, 5.41) is 13.9. The fraction of sp³-hybridized carbons (Fsp3) is 0.583. The molecule has 3 nitrogen and oxygen atoms in total. The highest BCUT2D eigenvalue weighted by Gasteiger charge is 2.21. The van der Waals surface area contributed by atoms with Gasteiger partial charge in [0.1, 0.15) is 0 Å². The first-order chi connectivity index (χ1) is 7.61. The lowest BCUT2D eigenvalue weighted by atomic mass is 9.97. The molecule has 90 valence electrons. The quantitative estimate of drug-likeness (QED) is 0.805. The first kappa shape index (κ1) is 13.4. The smallest absolute Gasteiger partial charge is 0.0766 e. The molecule has 0 bridgehead atoms. The number of hydrogen-bond donors (Lipinski definition) is 2. The number of rotatable bonds is 6. The monoisotopic (exact) mass is 242 g/mol. The van der Waals surface area contributed by atoms with Gasteiger partial charge < -0.3 is 10.4 Å². The number of aromatic nitrogens is 1. The Bertz CT molecular complexity index is 327. The van der Waals surface area contributed by atoms with Crippen molar-refractivity contribution in [3.05, 3.63) is 29.0 Å². The van der Waals surface area contributed by atoms with Gasteiger partial charge in [-0.3, -0.25) is 4.98 Å². The van der Waals surface area contributed by atoms with Gasteiger partial charge in [-0.05, 0) is 24.5 Å². The second kappa shape index (κ2) is 6.18. The SMILES string of the molecule is CCC(O)(CC)CNCc1ccncc1Cl. The van der Waals surface area contributed by atoms with Crippen LogP contribution in [-0.2, 0) is 6.54 Å². The van der Waals surface area contributed by atoms with Gasteiger partial charge in [0.2, 0.25) is 0 Å². The normalized spacial score (nSPS) is 11.8. The van der Waals surface area contributed by atoms with E-state index in [1.807, 2.05) is 19.9 Å². The van der Waals surface area contributed by atoms with Crippen molar-refractivity contribution in [2.24, 2.45) is 0 Å². The van der Waals surface area contributed by atoms with Gasteiger partial charge in [0, 0.05) is 25.5 Å². The second-order valence-corrected chi connectivity index (χ2v) is 4.41. The van der Waals surface area contributed by atoms with Gasteiger partial charge in [0.05, 0.1) is 10.6 Å². The van der Waals surface area contributed by atoms with Crippen LogP contribution < -0.4 is 5.32 Å². The second-order valence-electron chi connectivity index (χ2n) is 4.00. The van der Waals surface area contributed by atoms with E-state index in [1.165, 1.54) is 0 Å². The average molecular weight is 243 g/mol. The molecular formula is C12H19ClN2O. The predicted molar refractivity (Wildman–Crippen MR) is 66.5 cm³/mol. The van der Waals surface area contributed by atoms with Crippen molar-refractivity contribution < 1.29 is 5.11 Å². The fourth-order valence-corrected chi connectivity index (χ4v) is 1.66. The van der Waals surface area contributed by atoms with Crippen LogP contribution in [0, 0.1) is 0 Å². The standard InChI is InChI=1S/C12H19ClN2O/c1-3-12(16,4-2)9-15-7-10-5-6-14-8-11(10)13/h5-6,8,15-16H,3-4,7,9H2,1-2H3. The summed E-state index contributed by atoms with van der Waals surface area (Å²) in [6, 6.07) is 1.88. The van der Waals surface area contributed by atoms with E-state index in [4.69, 9.17) is 11.6 Å². The highest BCUT2D eigenvalue weighted by Crippen LogP contribution is 2.15. The molecule has 0 radical (unpaired) electrons. The molecule has 0 saturated carbocycles. The number of halogens is 1. The Morgan fingerprint density at radius 2 is 2.12 bits per heavy atom. The first-order valence-corrected chi connectivity index (χ1v) is 6.00. The Morgan fingerprint density at radius 3 is 2.69 bits per heavy atom. The summed E-state index contributed by atoms with van der Waals surface area (Å²) in [6.07, 6.45) is 4.85. The number of pyridine rings is 1. The Hall–Kier alpha value is -0.640. The summed E-state index contributed by atoms with van der Waals surface area (Å²) in [5.41, 5.74) is 0.394. The number of aliphatic hydroxyl groups is 1. The zero-order valence-electron chi connectivity index (χ0n) is 9.83. The number of nitrogens with zero attached hydrogens (tertiary/aromatic N) is 1. The molecule has 0 atom stereocenters. The third-order valence-electron chi connectivity index (χ3n) is 2.94. The van der Waals surface area contributed by atoms with E-state index >= 15 is 0 Å². The van der Waals surface area contributed by atoms with Crippen molar-refractivity contribution in [1.82, 2.24) is 10.3 Å². The molecule has 0 aromatic carbocycles. The van der Waals surface area contributed by atoms with Gasteiger partial charge in [-0.15, -0.1) is 0 Å². The average Bonchev–Trinajstić information content (AvgIpc) is 2.31. The largest absolute Gasteiger partial charge is 0.389 e. The van der Waals surface area contributed by atoms with Crippen LogP contribution in [0.1, 0.15) is 32.3 Å². The van der Waals surface area contributed by atoms with Crippen LogP contribution in [0.2, 0.25) is 5.02 Å². The molecule has 4 heteroatoms. The van der Waals surface area contributed by atoms with Gasteiger partial charge in [-0.1, -0.05) is 25.4 Å². The molecule has 0 amide bonds. The minimum Gasteiger partial charge on any atom is -0.389 e. The molecule has 0 aliphatic heterocycles. The predicted octanol–water partition coefficient (Wildman–Crippen LogP) is 2.38. The summed E-state index contributed by atoms with van der Waals surface area (Å²) in [5.74, 6) is 0. The third-order valence-corrected chi connectivity index (χ3v) is 3.28. The van der Waals surface area contributed by atoms with Crippen LogP contribution in [0.15, 0.2) is 18.5 Å². The van der Waals surface area contributed by atoms with Gasteiger partial charge in [-0.25, -0.2) is 0 Å². The first-order valence-electron chi connectivity index (χ1n) is 5.63. The van der Waals surface area contributed by atoms with Crippen molar-refractivity contribution >= 4 is 11.6 Å². The minimum absolute atomic E-state index is 0.582. The zero-order valence-corrected chi connectivity index (χ0v) is 10.6. The van der Waals surface area contributed by atoms with Crippen LogP contribution in [0.25, 0.3) is 0 Å². The highest BCUT2D eigenvalue weighted by atomic mass is 35.5. The molecular weight excluding hydrogens is 224 g/mol. The van der Waals surface area contributed by atoms with E-state index in [2.05, 4.69) is 10.3 Å². The van der Waals surface area contributed by atoms with E-state index in [0.717, 1.165) is 18.4 Å². The summed E-state index contributed by atoms with van der Waals surface area (Å²) < 4.78 is 0. The maximum Gasteiger partial charge on any atom is 0.0766 e. The Labute approximate surface area is 102 Å². The summed E-state index contributed by atoms with van der Waals surface area (Å²) in [4.78, 5) is 3.92. The van der Waals surface area contributed by atoms with Crippen LogP contribution in [-0.4, -0.2) is 22.2 Å². The maximum atomic E-state index is 10.1. The molecule has 2 N–H and O–H groups in total. The molecule has 1 aromatic heterocycles. The molecule has 0 aliphatic carbocycles. The van der Waals surface area contributed by atoms with Gasteiger partial charge in [0.15, 0.2) is 0 Å². The molecule has 16 heavy (non-hydrogen) atoms. The Morgan fingerprint density at radius 1 is 1.44 bits per heavy atom. The summed E-state index contributed by atoms with van der Waals surface area (Å²) in [6.45, 7) is 5.22. The van der Waals surface area contributed by atoms with E-state index in [-0.39, 0.29) is 0 Å². The lowest BCUT2D eigenvalue weighted by Gasteiger charge is -2.25. The molecule has 0 unspecified atom stereocenters. The molecule has 0 spiro atoms. The fourth-order valence-electron chi connectivity index (χ4n) is 1.48. The number of hydrogen-bond acceptors (Lipinski definition) is 3. The van der Waals surface area contributed by atoms with Crippen molar-refractivity contribution in [3.63, 3.8) is 0 Å². The van der Waals surface area contributed by atoms with Gasteiger partial charge in [0.25, 0.3) is 0 Å². The van der Waals surface area contributed by atoms with Crippen LogP contribution in [0.4, 0.5) is 0 Å². The molecule has 0 aliphatic rings. The Kier molecular flexibility index (Phi) is 5.19. The van der Waals surface area contributed by atoms with E-state index in [9.17, 15) is 5.11 Å². The molecule has 0 saturated heterocycles. The van der Waals surface area contributed by atoms with E-state index in [1.54, 1.807) is 12.4 Å². The summed E-state index contributed by atoms with van der Waals surface area (Å²) >= 11 is 5.98. The zero-order chi connectivity index (χ0) is 12.0. The lowest BCUT2D eigenvalue weighted by Crippen LogP contribution is -2.39. The third kappa shape index (κ3) is 3.74. The van der Waals surface area contributed by atoms with Crippen LogP contribution in [0.5, 0.6) is 0 Å². The van der Waals surface area contributed by atoms with Crippen molar-refractivity contribution in [1.29, 1.82) is 0 Å².